The summed E-state index contributed by atoms with van der Waals surface area (Å²) < 4.78 is 0. The summed E-state index contributed by atoms with van der Waals surface area (Å²) in [5.74, 6) is 0. The zero-order chi connectivity index (χ0) is 13.2. The van der Waals surface area contributed by atoms with Crippen LogP contribution in [0, 0.1) is 6.92 Å². The van der Waals surface area contributed by atoms with E-state index in [1.54, 1.807) is 0 Å². The third-order valence-electron chi connectivity index (χ3n) is 3.12. The number of rotatable bonds is 3. The van der Waals surface area contributed by atoms with E-state index in [4.69, 9.17) is 11.6 Å². The van der Waals surface area contributed by atoms with Crippen molar-refractivity contribution in [2.45, 2.75) is 13.3 Å². The average Bonchev–Trinajstić information content (AvgIpc) is 3.01. The summed E-state index contributed by atoms with van der Waals surface area (Å²) in [5.41, 5.74) is 4.07. The Balaban J connectivity index is 1.93. The Bertz CT molecular complexity index is 677. The molecule has 19 heavy (non-hydrogen) atoms. The minimum Gasteiger partial charge on any atom is -0.143 e. The highest BCUT2D eigenvalue weighted by Crippen LogP contribution is 2.36. The Kier molecular flexibility index (Phi) is 3.74. The molecule has 96 valence electrons. The van der Waals surface area contributed by atoms with Crippen LogP contribution in [0.15, 0.2) is 47.2 Å². The van der Waals surface area contributed by atoms with Crippen molar-refractivity contribution in [3.63, 3.8) is 0 Å². The molecule has 3 rings (SSSR count). The van der Waals surface area contributed by atoms with Crippen LogP contribution >= 0.6 is 34.3 Å². The molecule has 0 nitrogen and oxygen atoms in total. The van der Waals surface area contributed by atoms with Crippen molar-refractivity contribution in [2.75, 3.05) is 0 Å². The maximum absolute atomic E-state index is 5.93. The van der Waals surface area contributed by atoms with Crippen LogP contribution in [0.1, 0.15) is 16.7 Å². The van der Waals surface area contributed by atoms with Crippen LogP contribution in [-0.2, 0) is 6.42 Å². The highest BCUT2D eigenvalue weighted by atomic mass is 35.5. The van der Waals surface area contributed by atoms with Crippen LogP contribution in [0.4, 0.5) is 0 Å². The molecule has 3 aromatic rings. The number of hydrogen-bond acceptors (Lipinski definition) is 2. The summed E-state index contributed by atoms with van der Waals surface area (Å²) in [5, 5.41) is 5.14. The van der Waals surface area contributed by atoms with Gasteiger partial charge < -0.3 is 0 Å². The Morgan fingerprint density at radius 2 is 1.58 bits per heavy atom. The summed E-state index contributed by atoms with van der Waals surface area (Å²) in [6, 6.07) is 12.5. The minimum atomic E-state index is 0.795. The summed E-state index contributed by atoms with van der Waals surface area (Å²) in [4.78, 5) is 2.81. The molecule has 0 radical (unpaired) electrons. The van der Waals surface area contributed by atoms with Crippen LogP contribution in [0.5, 0.6) is 0 Å². The fraction of sp³-hybridized carbons (Fsp3) is 0.125. The molecule has 0 saturated heterocycles. The maximum Gasteiger partial charge on any atom is 0.0480 e. The van der Waals surface area contributed by atoms with Gasteiger partial charge in [0.15, 0.2) is 0 Å². The molecule has 1 aromatic carbocycles. The number of aryl methyl sites for hydroxylation is 1. The van der Waals surface area contributed by atoms with E-state index in [1.165, 1.54) is 26.4 Å². The molecule has 0 amide bonds. The first-order valence-electron chi connectivity index (χ1n) is 6.09. The monoisotopic (exact) mass is 304 g/mol. The Hall–Kier alpha value is -1.09. The molecular formula is C16H13ClS2. The number of benzene rings is 1. The molecule has 3 heteroatoms. The molecule has 0 aliphatic heterocycles. The predicted molar refractivity (Wildman–Crippen MR) is 86.6 cm³/mol. The Morgan fingerprint density at radius 3 is 2.26 bits per heavy atom. The summed E-state index contributed by atoms with van der Waals surface area (Å²) in [6.07, 6.45) is 0.966. The van der Waals surface area contributed by atoms with Crippen molar-refractivity contribution in [3.05, 3.63) is 68.9 Å². The summed E-state index contributed by atoms with van der Waals surface area (Å²) in [6.45, 7) is 2.18. The molecule has 0 unspecified atom stereocenters. The zero-order valence-electron chi connectivity index (χ0n) is 10.5. The number of thiophene rings is 2. The average molecular weight is 305 g/mol. The SMILES string of the molecule is Cc1ccsc1-c1sccc1Cc1ccc(Cl)cc1. The maximum atomic E-state index is 5.93. The van der Waals surface area contributed by atoms with Gasteiger partial charge in [-0.05, 0) is 65.1 Å². The van der Waals surface area contributed by atoms with Gasteiger partial charge in [0.05, 0.1) is 0 Å². The fourth-order valence-corrected chi connectivity index (χ4v) is 4.34. The van der Waals surface area contributed by atoms with Crippen molar-refractivity contribution in [2.24, 2.45) is 0 Å². The van der Waals surface area contributed by atoms with Crippen LogP contribution in [0.2, 0.25) is 5.02 Å². The van der Waals surface area contributed by atoms with Crippen molar-refractivity contribution >= 4 is 34.3 Å². The highest BCUT2D eigenvalue weighted by molar-refractivity contribution is 7.20. The van der Waals surface area contributed by atoms with Gasteiger partial charge in [-0.15, -0.1) is 22.7 Å². The zero-order valence-corrected chi connectivity index (χ0v) is 12.9. The first-order chi connectivity index (χ1) is 9.24. The van der Waals surface area contributed by atoms with Crippen molar-refractivity contribution < 1.29 is 0 Å². The van der Waals surface area contributed by atoms with Gasteiger partial charge in [-0.1, -0.05) is 23.7 Å². The van der Waals surface area contributed by atoms with Crippen LogP contribution in [0.25, 0.3) is 9.75 Å². The summed E-state index contributed by atoms with van der Waals surface area (Å²) >= 11 is 9.58. The smallest absolute Gasteiger partial charge is 0.0480 e. The first kappa shape index (κ1) is 12.9. The molecule has 0 atom stereocenters. The second kappa shape index (κ2) is 5.49. The lowest BCUT2D eigenvalue weighted by Gasteiger charge is -2.04. The van der Waals surface area contributed by atoms with Gasteiger partial charge in [-0.25, -0.2) is 0 Å². The predicted octanol–water partition coefficient (Wildman–Crippen LogP) is 6.03. The molecule has 0 saturated carbocycles. The van der Waals surface area contributed by atoms with E-state index in [1.807, 2.05) is 34.8 Å². The molecule has 2 heterocycles. The van der Waals surface area contributed by atoms with Crippen LogP contribution < -0.4 is 0 Å². The largest absolute Gasteiger partial charge is 0.143 e. The Morgan fingerprint density at radius 1 is 0.895 bits per heavy atom. The quantitative estimate of drug-likeness (QED) is 0.554. The minimum absolute atomic E-state index is 0.795. The molecule has 0 aliphatic rings. The molecule has 0 spiro atoms. The number of hydrogen-bond donors (Lipinski definition) is 0. The standard InChI is InChI=1S/C16H13ClS2/c1-11-6-8-18-15(11)16-13(7-9-19-16)10-12-2-4-14(17)5-3-12/h2-9H,10H2,1H3. The summed E-state index contributed by atoms with van der Waals surface area (Å²) in [7, 11) is 0. The molecule has 0 aliphatic carbocycles. The van der Waals surface area contributed by atoms with E-state index in [9.17, 15) is 0 Å². The Labute approximate surface area is 126 Å². The first-order valence-corrected chi connectivity index (χ1v) is 8.23. The van der Waals surface area contributed by atoms with Crippen molar-refractivity contribution in [1.82, 2.24) is 0 Å². The molecule has 2 aromatic heterocycles. The fourth-order valence-electron chi connectivity index (χ4n) is 2.10. The lowest BCUT2D eigenvalue weighted by Crippen LogP contribution is -1.87. The van der Waals surface area contributed by atoms with E-state index in [2.05, 4.69) is 41.9 Å². The van der Waals surface area contributed by atoms with E-state index in [0.717, 1.165) is 11.4 Å². The van der Waals surface area contributed by atoms with E-state index in [0.29, 0.717) is 0 Å². The highest BCUT2D eigenvalue weighted by Gasteiger charge is 2.11. The lowest BCUT2D eigenvalue weighted by atomic mass is 10.0. The topological polar surface area (TPSA) is 0 Å². The van der Waals surface area contributed by atoms with Gasteiger partial charge in [0.2, 0.25) is 0 Å². The third-order valence-corrected chi connectivity index (χ3v) is 5.51. The van der Waals surface area contributed by atoms with Gasteiger partial charge in [0, 0.05) is 14.8 Å². The van der Waals surface area contributed by atoms with Gasteiger partial charge in [0.25, 0.3) is 0 Å². The van der Waals surface area contributed by atoms with Crippen LogP contribution in [0.3, 0.4) is 0 Å². The third kappa shape index (κ3) is 2.76. The van der Waals surface area contributed by atoms with Crippen LogP contribution in [-0.4, -0.2) is 0 Å². The molecule has 0 bridgehead atoms. The van der Waals surface area contributed by atoms with Crippen molar-refractivity contribution in [1.29, 1.82) is 0 Å². The van der Waals surface area contributed by atoms with Gasteiger partial charge in [-0.3, -0.25) is 0 Å². The molecule has 0 N–H and O–H groups in total. The van der Waals surface area contributed by atoms with Gasteiger partial charge in [-0.2, -0.15) is 0 Å². The molecule has 0 fully saturated rings. The normalized spacial score (nSPS) is 10.8. The molecular weight excluding hydrogens is 292 g/mol. The van der Waals surface area contributed by atoms with Gasteiger partial charge in [0.1, 0.15) is 0 Å². The lowest BCUT2D eigenvalue weighted by molar-refractivity contribution is 1.21. The van der Waals surface area contributed by atoms with E-state index < -0.39 is 0 Å². The second-order valence-corrected chi connectivity index (χ2v) is 6.78. The van der Waals surface area contributed by atoms with Gasteiger partial charge >= 0.3 is 0 Å². The number of halogens is 1. The van der Waals surface area contributed by atoms with E-state index in [-0.39, 0.29) is 0 Å². The second-order valence-electron chi connectivity index (χ2n) is 4.51. The van der Waals surface area contributed by atoms with E-state index >= 15 is 0 Å². The van der Waals surface area contributed by atoms with Crippen molar-refractivity contribution in [3.8, 4) is 9.75 Å².